The molecule has 0 aliphatic heterocycles. The van der Waals surface area contributed by atoms with E-state index in [-0.39, 0.29) is 11.6 Å². The molecule has 3 aromatic heterocycles. The molecule has 3 heterocycles. The molecule has 0 N–H and O–H groups in total. The second kappa shape index (κ2) is 5.77. The van der Waals surface area contributed by atoms with Gasteiger partial charge in [0, 0.05) is 7.05 Å². The highest BCUT2D eigenvalue weighted by molar-refractivity contribution is 8.01. The standard InChI is InChI=1S/C10H6N6O5S2/c1-14-4-11-7(16(19)20)9(14)23-10-13-12-8(22-10)5-2-3-6(21-5)15(17)18/h2-4H,1H3. The fraction of sp³-hybridized carbons (Fsp3) is 0.100. The molecule has 0 saturated carbocycles. The smallest absolute Gasteiger partial charge is 0.398 e. The maximum absolute atomic E-state index is 10.9. The van der Waals surface area contributed by atoms with Gasteiger partial charge in [-0.2, -0.15) is 0 Å². The first-order valence-corrected chi connectivity index (χ1v) is 7.50. The lowest BCUT2D eigenvalue weighted by Gasteiger charge is -1.97. The van der Waals surface area contributed by atoms with E-state index in [1.807, 2.05) is 0 Å². The van der Waals surface area contributed by atoms with Gasteiger partial charge in [-0.25, -0.2) is 0 Å². The van der Waals surface area contributed by atoms with Gasteiger partial charge in [0.1, 0.15) is 4.92 Å². The Kier molecular flexibility index (Phi) is 3.79. The van der Waals surface area contributed by atoms with Gasteiger partial charge < -0.3 is 19.1 Å². The van der Waals surface area contributed by atoms with Gasteiger partial charge in [0.2, 0.25) is 6.33 Å². The number of furan rings is 1. The van der Waals surface area contributed by atoms with Crippen molar-refractivity contribution < 1.29 is 14.3 Å². The number of rotatable bonds is 5. The molecule has 3 rings (SSSR count). The molecule has 0 bridgehead atoms. The normalized spacial score (nSPS) is 10.8. The monoisotopic (exact) mass is 354 g/mol. The van der Waals surface area contributed by atoms with Gasteiger partial charge >= 0.3 is 11.7 Å². The van der Waals surface area contributed by atoms with Crippen molar-refractivity contribution in [3.63, 3.8) is 0 Å². The average molecular weight is 354 g/mol. The van der Waals surface area contributed by atoms with Crippen LogP contribution in [0.4, 0.5) is 11.7 Å². The summed E-state index contributed by atoms with van der Waals surface area (Å²) in [5.41, 5.74) is 0. The second-order valence-corrected chi connectivity index (χ2v) is 6.32. The van der Waals surface area contributed by atoms with Crippen molar-refractivity contribution in [1.29, 1.82) is 0 Å². The number of hydrogen-bond acceptors (Lipinski definition) is 10. The zero-order chi connectivity index (χ0) is 16.6. The molecule has 118 valence electrons. The Balaban J connectivity index is 1.86. The van der Waals surface area contributed by atoms with Crippen molar-refractivity contribution in [2.75, 3.05) is 0 Å². The Hall–Kier alpha value is -2.80. The molecular weight excluding hydrogens is 348 g/mol. The van der Waals surface area contributed by atoms with Crippen LogP contribution in [0, 0.1) is 20.2 Å². The van der Waals surface area contributed by atoms with E-state index in [2.05, 4.69) is 15.2 Å². The van der Waals surface area contributed by atoms with Gasteiger partial charge in [0.05, 0.1) is 6.07 Å². The summed E-state index contributed by atoms with van der Waals surface area (Å²) in [5.74, 6) is -0.463. The summed E-state index contributed by atoms with van der Waals surface area (Å²) in [6.07, 6.45) is 1.33. The Bertz CT molecular complexity index is 899. The summed E-state index contributed by atoms with van der Waals surface area (Å²) in [7, 11) is 1.63. The van der Waals surface area contributed by atoms with Crippen LogP contribution >= 0.6 is 23.1 Å². The number of aromatic nitrogens is 4. The van der Waals surface area contributed by atoms with Crippen molar-refractivity contribution in [3.8, 4) is 10.8 Å². The molecule has 0 aromatic carbocycles. The second-order valence-electron chi connectivity index (χ2n) is 4.11. The summed E-state index contributed by atoms with van der Waals surface area (Å²) in [6, 6.07) is 2.63. The van der Waals surface area contributed by atoms with Gasteiger partial charge in [-0.05, 0) is 27.7 Å². The van der Waals surface area contributed by atoms with Crippen molar-refractivity contribution in [3.05, 3.63) is 38.7 Å². The topological polar surface area (TPSA) is 143 Å². The molecule has 0 aliphatic carbocycles. The Morgan fingerprint density at radius 3 is 2.70 bits per heavy atom. The fourth-order valence-corrected chi connectivity index (χ4v) is 3.46. The van der Waals surface area contributed by atoms with Crippen LogP contribution in [0.1, 0.15) is 0 Å². The number of nitro groups is 2. The number of aryl methyl sites for hydroxylation is 1. The van der Waals surface area contributed by atoms with Crippen molar-refractivity contribution in [2.45, 2.75) is 9.37 Å². The summed E-state index contributed by atoms with van der Waals surface area (Å²) in [6.45, 7) is 0. The van der Waals surface area contributed by atoms with Gasteiger partial charge in [0.15, 0.2) is 20.1 Å². The van der Waals surface area contributed by atoms with E-state index in [4.69, 9.17) is 4.42 Å². The van der Waals surface area contributed by atoms with Gasteiger partial charge in [-0.3, -0.25) is 10.1 Å². The fourth-order valence-electron chi connectivity index (χ4n) is 1.62. The molecule has 0 amide bonds. The third-order valence-corrected chi connectivity index (χ3v) is 4.76. The van der Waals surface area contributed by atoms with Crippen LogP contribution in [0.25, 0.3) is 10.8 Å². The van der Waals surface area contributed by atoms with Gasteiger partial charge in [-0.15, -0.1) is 10.2 Å². The minimum absolute atomic E-state index is 0.209. The number of hydrogen-bond donors (Lipinski definition) is 0. The third-order valence-electron chi connectivity index (χ3n) is 2.61. The van der Waals surface area contributed by atoms with Crippen LogP contribution in [0.2, 0.25) is 0 Å². The molecule has 0 unspecified atom stereocenters. The highest BCUT2D eigenvalue weighted by atomic mass is 32.2. The predicted octanol–water partition coefficient (Wildman–Crippen LogP) is 2.50. The first-order valence-electron chi connectivity index (χ1n) is 5.87. The maximum Gasteiger partial charge on any atom is 0.433 e. The van der Waals surface area contributed by atoms with E-state index in [0.29, 0.717) is 14.4 Å². The SMILES string of the molecule is Cn1cnc([N+](=O)[O-])c1Sc1nnc(-c2ccc([N+](=O)[O-])o2)s1. The zero-order valence-electron chi connectivity index (χ0n) is 11.3. The lowest BCUT2D eigenvalue weighted by Crippen LogP contribution is -1.93. The lowest BCUT2D eigenvalue weighted by atomic mass is 10.5. The van der Waals surface area contributed by atoms with Gasteiger partial charge in [0.25, 0.3) is 0 Å². The zero-order valence-corrected chi connectivity index (χ0v) is 12.9. The van der Waals surface area contributed by atoms with Gasteiger partial charge in [-0.1, -0.05) is 11.3 Å². The molecule has 23 heavy (non-hydrogen) atoms. The maximum atomic E-state index is 10.9. The summed E-state index contributed by atoms with van der Waals surface area (Å²) in [4.78, 5) is 24.0. The van der Waals surface area contributed by atoms with E-state index in [0.717, 1.165) is 23.1 Å². The summed E-state index contributed by atoms with van der Waals surface area (Å²) in [5, 5.41) is 29.9. The molecule has 0 aliphatic rings. The number of nitrogens with zero attached hydrogens (tertiary/aromatic N) is 6. The molecule has 3 aromatic rings. The van der Waals surface area contributed by atoms with E-state index in [1.54, 1.807) is 7.05 Å². The minimum atomic E-state index is -0.654. The summed E-state index contributed by atoms with van der Waals surface area (Å²) >= 11 is 2.13. The molecule has 0 atom stereocenters. The molecule has 0 saturated heterocycles. The van der Waals surface area contributed by atoms with Crippen molar-refractivity contribution in [2.24, 2.45) is 7.05 Å². The Labute approximate surface area is 135 Å². The third kappa shape index (κ3) is 2.91. The van der Waals surface area contributed by atoms with E-state index < -0.39 is 15.7 Å². The highest BCUT2D eigenvalue weighted by Crippen LogP contribution is 2.38. The lowest BCUT2D eigenvalue weighted by molar-refractivity contribution is -0.401. The van der Waals surface area contributed by atoms with Crippen LogP contribution in [-0.4, -0.2) is 29.6 Å². The molecular formula is C10H6N6O5S2. The quantitative estimate of drug-likeness (QED) is 0.498. The minimum Gasteiger partial charge on any atom is -0.398 e. The van der Waals surface area contributed by atoms with Crippen LogP contribution < -0.4 is 0 Å². The van der Waals surface area contributed by atoms with E-state index >= 15 is 0 Å². The van der Waals surface area contributed by atoms with E-state index in [1.165, 1.54) is 23.0 Å². The highest BCUT2D eigenvalue weighted by Gasteiger charge is 2.23. The number of imidazole rings is 1. The van der Waals surface area contributed by atoms with Crippen molar-refractivity contribution in [1.82, 2.24) is 19.7 Å². The molecule has 11 nitrogen and oxygen atoms in total. The Morgan fingerprint density at radius 2 is 2.04 bits per heavy atom. The first kappa shape index (κ1) is 15.1. The van der Waals surface area contributed by atoms with Crippen LogP contribution in [0.15, 0.2) is 32.2 Å². The molecule has 0 fully saturated rings. The van der Waals surface area contributed by atoms with Crippen LogP contribution in [-0.2, 0) is 7.05 Å². The van der Waals surface area contributed by atoms with Crippen molar-refractivity contribution >= 4 is 34.8 Å². The molecule has 0 radical (unpaired) electrons. The molecule has 0 spiro atoms. The van der Waals surface area contributed by atoms with Crippen LogP contribution in [0.3, 0.4) is 0 Å². The Morgan fingerprint density at radius 1 is 1.26 bits per heavy atom. The summed E-state index contributed by atoms with van der Waals surface area (Å²) < 4.78 is 6.96. The first-order chi connectivity index (χ1) is 11.0. The van der Waals surface area contributed by atoms with Crippen LogP contribution in [0.5, 0.6) is 0 Å². The predicted molar refractivity (Wildman–Crippen MR) is 78.3 cm³/mol. The van der Waals surface area contributed by atoms with E-state index in [9.17, 15) is 20.2 Å². The average Bonchev–Trinajstić information content (AvgIpc) is 3.20. The largest absolute Gasteiger partial charge is 0.433 e. The molecule has 13 heteroatoms.